The molecule has 2 fully saturated rings. The molecule has 0 bridgehead atoms. The van der Waals surface area contributed by atoms with Gasteiger partial charge in [-0.3, -0.25) is 0 Å². The number of hydrogen-bond donors (Lipinski definition) is 1. The third kappa shape index (κ3) is 4.13. The van der Waals surface area contributed by atoms with Crippen molar-refractivity contribution in [3.8, 4) is 0 Å². The number of amides is 1. The van der Waals surface area contributed by atoms with Crippen LogP contribution in [0.3, 0.4) is 0 Å². The third-order valence-electron chi connectivity index (χ3n) is 4.69. The van der Waals surface area contributed by atoms with E-state index >= 15 is 0 Å². The third-order valence-corrected chi connectivity index (χ3v) is 4.69. The van der Waals surface area contributed by atoms with Crippen LogP contribution >= 0.6 is 0 Å². The van der Waals surface area contributed by atoms with Crippen LogP contribution in [-0.4, -0.2) is 45.7 Å². The fraction of sp³-hybridized carbons (Fsp3) is 0.706. The molecule has 1 saturated carbocycles. The largest absolute Gasteiger partial charge is 0.444 e. The Labute approximate surface area is 141 Å². The predicted molar refractivity (Wildman–Crippen MR) is 88.1 cm³/mol. The Kier molecular flexibility index (Phi) is 4.36. The van der Waals surface area contributed by atoms with E-state index in [0.29, 0.717) is 24.5 Å². The summed E-state index contributed by atoms with van der Waals surface area (Å²) in [5, 5.41) is 3.12. The molecule has 2 heterocycles. The first kappa shape index (κ1) is 16.9. The van der Waals surface area contributed by atoms with Gasteiger partial charge in [-0.25, -0.2) is 19.2 Å². The summed E-state index contributed by atoms with van der Waals surface area (Å²) in [6.07, 6.45) is 6.45. The molecule has 3 rings (SSSR count). The van der Waals surface area contributed by atoms with Crippen LogP contribution in [0.4, 0.5) is 15.1 Å². The van der Waals surface area contributed by atoms with Crippen molar-refractivity contribution in [1.82, 2.24) is 14.9 Å². The fourth-order valence-corrected chi connectivity index (χ4v) is 3.24. The molecule has 1 aliphatic heterocycles. The van der Waals surface area contributed by atoms with Crippen molar-refractivity contribution in [3.63, 3.8) is 0 Å². The number of aromatic nitrogens is 2. The highest BCUT2D eigenvalue weighted by Gasteiger charge is 2.49. The van der Waals surface area contributed by atoms with Crippen LogP contribution in [0, 0.1) is 11.2 Å². The van der Waals surface area contributed by atoms with Gasteiger partial charge in [0.1, 0.15) is 5.60 Å². The van der Waals surface area contributed by atoms with E-state index in [1.807, 2.05) is 25.7 Å². The number of ether oxygens (including phenoxy) is 1. The van der Waals surface area contributed by atoms with Crippen molar-refractivity contribution >= 4 is 12.0 Å². The number of nitrogens with one attached hydrogen (secondary N) is 1. The fourth-order valence-electron chi connectivity index (χ4n) is 3.24. The molecule has 0 unspecified atom stereocenters. The second kappa shape index (κ2) is 6.18. The zero-order valence-electron chi connectivity index (χ0n) is 14.5. The first-order chi connectivity index (χ1) is 11.3. The Bertz CT molecular complexity index is 596. The standard InChI is InChI=1S/C17H25FN4O2/c1-16(2,3)24-15(23)22-7-6-17(4-5-17)8-13(22)11-21-14-19-9-12(18)10-20-14/h9-10,13H,4-8,11H2,1-3H3,(H,19,20,21)/t13-/m0/s1. The molecule has 1 aromatic heterocycles. The normalized spacial score (nSPS) is 22.3. The Morgan fingerprint density at radius 2 is 2.04 bits per heavy atom. The van der Waals surface area contributed by atoms with Crippen molar-refractivity contribution in [2.45, 2.75) is 58.1 Å². The van der Waals surface area contributed by atoms with Gasteiger partial charge in [-0.05, 0) is 51.9 Å². The second-order valence-corrected chi connectivity index (χ2v) is 7.89. The van der Waals surface area contributed by atoms with E-state index in [1.54, 1.807) is 0 Å². The van der Waals surface area contributed by atoms with Gasteiger partial charge in [0.05, 0.1) is 18.4 Å². The quantitative estimate of drug-likeness (QED) is 0.918. The maximum Gasteiger partial charge on any atom is 0.410 e. The molecule has 1 aliphatic carbocycles. The lowest BCUT2D eigenvalue weighted by molar-refractivity contribution is 0.00461. The molecular weight excluding hydrogens is 311 g/mol. The van der Waals surface area contributed by atoms with Gasteiger partial charge in [0.15, 0.2) is 5.82 Å². The molecular formula is C17H25FN4O2. The topological polar surface area (TPSA) is 67.3 Å². The zero-order valence-corrected chi connectivity index (χ0v) is 14.5. The van der Waals surface area contributed by atoms with Crippen molar-refractivity contribution in [2.75, 3.05) is 18.4 Å². The monoisotopic (exact) mass is 336 g/mol. The molecule has 24 heavy (non-hydrogen) atoms. The Balaban J connectivity index is 1.65. The summed E-state index contributed by atoms with van der Waals surface area (Å²) >= 11 is 0. The molecule has 132 valence electrons. The van der Waals surface area contributed by atoms with Crippen LogP contribution in [0.1, 0.15) is 46.5 Å². The van der Waals surface area contributed by atoms with Gasteiger partial charge in [0.25, 0.3) is 0 Å². The number of nitrogens with zero attached hydrogens (tertiary/aromatic N) is 3. The van der Waals surface area contributed by atoms with Crippen LogP contribution in [0.5, 0.6) is 0 Å². The van der Waals surface area contributed by atoms with Crippen LogP contribution in [-0.2, 0) is 4.74 Å². The highest BCUT2D eigenvalue weighted by Crippen LogP contribution is 2.55. The molecule has 1 saturated heterocycles. The lowest BCUT2D eigenvalue weighted by Crippen LogP contribution is -2.51. The Morgan fingerprint density at radius 1 is 1.38 bits per heavy atom. The summed E-state index contributed by atoms with van der Waals surface area (Å²) in [7, 11) is 0. The molecule has 7 heteroatoms. The highest BCUT2D eigenvalue weighted by molar-refractivity contribution is 5.69. The molecule has 6 nitrogen and oxygen atoms in total. The minimum atomic E-state index is -0.510. The summed E-state index contributed by atoms with van der Waals surface area (Å²) < 4.78 is 18.4. The molecule has 1 spiro atoms. The van der Waals surface area contributed by atoms with Crippen LogP contribution in [0.25, 0.3) is 0 Å². The first-order valence-corrected chi connectivity index (χ1v) is 8.47. The lowest BCUT2D eigenvalue weighted by atomic mass is 9.88. The average molecular weight is 336 g/mol. The van der Waals surface area contributed by atoms with E-state index in [9.17, 15) is 9.18 Å². The molecule has 0 radical (unpaired) electrons. The highest BCUT2D eigenvalue weighted by atomic mass is 19.1. The first-order valence-electron chi connectivity index (χ1n) is 8.47. The van der Waals surface area contributed by atoms with E-state index < -0.39 is 11.4 Å². The van der Waals surface area contributed by atoms with Gasteiger partial charge >= 0.3 is 6.09 Å². The second-order valence-electron chi connectivity index (χ2n) is 7.89. The summed E-state index contributed by atoms with van der Waals surface area (Å²) in [5.74, 6) is -0.0958. The van der Waals surface area contributed by atoms with E-state index in [2.05, 4.69) is 15.3 Å². The number of carbonyl (C=O) groups excluding carboxylic acids is 1. The van der Waals surface area contributed by atoms with Crippen LogP contribution < -0.4 is 5.32 Å². The van der Waals surface area contributed by atoms with E-state index in [-0.39, 0.29) is 12.1 Å². The van der Waals surface area contributed by atoms with Gasteiger partial charge in [-0.1, -0.05) is 0 Å². The average Bonchev–Trinajstić information content (AvgIpc) is 3.24. The lowest BCUT2D eigenvalue weighted by Gasteiger charge is -2.40. The summed E-state index contributed by atoms with van der Waals surface area (Å²) in [6.45, 7) is 6.86. The summed E-state index contributed by atoms with van der Waals surface area (Å²) in [6, 6.07) is 0.0322. The van der Waals surface area contributed by atoms with Gasteiger partial charge < -0.3 is 15.0 Å². The number of likely N-dealkylation sites (tertiary alicyclic amines) is 1. The molecule has 1 aromatic rings. The SMILES string of the molecule is CC(C)(C)OC(=O)N1CCC2(CC2)C[C@H]1CNc1ncc(F)cn1. The van der Waals surface area contributed by atoms with E-state index in [1.165, 1.54) is 12.8 Å². The van der Waals surface area contributed by atoms with Gasteiger partial charge in [-0.2, -0.15) is 0 Å². The molecule has 0 aromatic carbocycles. The maximum absolute atomic E-state index is 12.9. The minimum Gasteiger partial charge on any atom is -0.444 e. The molecule has 2 aliphatic rings. The van der Waals surface area contributed by atoms with E-state index in [4.69, 9.17) is 4.74 Å². The number of halogens is 1. The van der Waals surface area contributed by atoms with Crippen molar-refractivity contribution in [2.24, 2.45) is 5.41 Å². The predicted octanol–water partition coefficient (Wildman–Crippen LogP) is 3.21. The van der Waals surface area contributed by atoms with Gasteiger partial charge in [-0.15, -0.1) is 0 Å². The van der Waals surface area contributed by atoms with Crippen molar-refractivity contribution in [1.29, 1.82) is 0 Å². The zero-order chi connectivity index (χ0) is 17.4. The summed E-state index contributed by atoms with van der Waals surface area (Å²) in [5.41, 5.74) is -0.113. The number of piperidine rings is 1. The van der Waals surface area contributed by atoms with E-state index in [0.717, 1.165) is 25.2 Å². The minimum absolute atomic E-state index is 0.0322. The van der Waals surface area contributed by atoms with Crippen molar-refractivity contribution < 1.29 is 13.9 Å². The number of carbonyl (C=O) groups is 1. The van der Waals surface area contributed by atoms with Crippen LogP contribution in [0.2, 0.25) is 0 Å². The summed E-state index contributed by atoms with van der Waals surface area (Å²) in [4.78, 5) is 22.1. The van der Waals surface area contributed by atoms with Crippen molar-refractivity contribution in [3.05, 3.63) is 18.2 Å². The molecule has 1 N–H and O–H groups in total. The number of hydrogen-bond acceptors (Lipinski definition) is 5. The Hall–Kier alpha value is -1.92. The van der Waals surface area contributed by atoms with Gasteiger partial charge in [0, 0.05) is 13.1 Å². The molecule has 1 amide bonds. The number of rotatable bonds is 3. The number of anilines is 1. The van der Waals surface area contributed by atoms with Crippen LogP contribution in [0.15, 0.2) is 12.4 Å². The van der Waals surface area contributed by atoms with Gasteiger partial charge in [0.2, 0.25) is 5.95 Å². The molecule has 1 atom stereocenters. The maximum atomic E-state index is 12.9. The Morgan fingerprint density at radius 3 is 2.62 bits per heavy atom. The smallest absolute Gasteiger partial charge is 0.410 e.